The van der Waals surface area contributed by atoms with Gasteiger partial charge in [0, 0.05) is 44.8 Å². The standard InChI is InChI=1S/C20H19F3N2O4S.C8H7F3N2/c1-30(27,28)15-4-5-17(29-11-12-2-3-12)16(7-15)19(26)25-9-13-6-18(20(21,22)23)24-8-14(13)10-25;9-8(10,11)7-1-5-2-12-3-6(5)4-13-7/h4-8,12H,2-3,9-11H2,1H3;1,4,12H,2-3H2. The summed E-state index contributed by atoms with van der Waals surface area (Å²) in [5.74, 6) is 0.186. The molecule has 2 aliphatic heterocycles. The number of hydrogen-bond donors (Lipinski definition) is 1. The van der Waals surface area contributed by atoms with Gasteiger partial charge in [-0.2, -0.15) is 26.3 Å². The number of benzene rings is 1. The largest absolute Gasteiger partial charge is 0.492 e. The average molecular weight is 629 g/mol. The number of rotatable bonds is 5. The number of pyridine rings is 2. The number of aromatic nitrogens is 2. The first-order valence-electron chi connectivity index (χ1n) is 13.2. The summed E-state index contributed by atoms with van der Waals surface area (Å²) in [6, 6.07) is 6.16. The van der Waals surface area contributed by atoms with Crippen LogP contribution >= 0.6 is 0 Å². The van der Waals surface area contributed by atoms with Gasteiger partial charge in [0.15, 0.2) is 9.84 Å². The number of fused-ring (bicyclic) bond motifs is 2. The van der Waals surface area contributed by atoms with Crippen LogP contribution in [0.2, 0.25) is 0 Å². The maximum Gasteiger partial charge on any atom is 0.433 e. The Hall–Kier alpha value is -3.72. The zero-order chi connectivity index (χ0) is 31.2. The molecule has 0 bridgehead atoms. The third-order valence-electron chi connectivity index (χ3n) is 7.17. The van der Waals surface area contributed by atoms with Gasteiger partial charge in [-0.15, -0.1) is 0 Å². The molecule has 1 fully saturated rings. The summed E-state index contributed by atoms with van der Waals surface area (Å²) in [5.41, 5.74) is 0.699. The van der Waals surface area contributed by atoms with Crippen molar-refractivity contribution in [2.24, 2.45) is 5.92 Å². The SMILES string of the molecule is CS(=O)(=O)c1ccc(OCC2CC2)c(C(=O)N2Cc3cnc(C(F)(F)F)cc3C2)c1.FC(F)(F)c1cc2c(cn1)CNC2. The number of halogens is 6. The number of alkyl halides is 6. The van der Waals surface area contributed by atoms with E-state index in [9.17, 15) is 39.6 Å². The molecular weight excluding hydrogens is 602 g/mol. The monoisotopic (exact) mass is 628 g/mol. The molecule has 0 unspecified atom stereocenters. The van der Waals surface area contributed by atoms with Crippen LogP contribution in [0, 0.1) is 5.92 Å². The second kappa shape index (κ2) is 11.4. The minimum atomic E-state index is -4.57. The van der Waals surface area contributed by atoms with Gasteiger partial charge in [0.05, 0.1) is 17.1 Å². The van der Waals surface area contributed by atoms with Gasteiger partial charge >= 0.3 is 12.4 Å². The first-order chi connectivity index (χ1) is 20.1. The van der Waals surface area contributed by atoms with Crippen LogP contribution in [0.15, 0.2) is 47.6 Å². The molecule has 4 heterocycles. The minimum Gasteiger partial charge on any atom is -0.492 e. The first-order valence-corrected chi connectivity index (χ1v) is 15.1. The third kappa shape index (κ3) is 7.26. The van der Waals surface area contributed by atoms with Crippen LogP contribution in [0.1, 0.15) is 56.8 Å². The van der Waals surface area contributed by atoms with Crippen LogP contribution in [-0.2, 0) is 48.4 Å². The van der Waals surface area contributed by atoms with Gasteiger partial charge in [0.25, 0.3) is 5.91 Å². The van der Waals surface area contributed by atoms with E-state index >= 15 is 0 Å². The molecule has 6 rings (SSSR count). The lowest BCUT2D eigenvalue weighted by Crippen LogP contribution is -2.26. The zero-order valence-corrected chi connectivity index (χ0v) is 23.5. The Morgan fingerprint density at radius 2 is 1.49 bits per heavy atom. The van der Waals surface area contributed by atoms with Gasteiger partial charge in [0.2, 0.25) is 0 Å². The van der Waals surface area contributed by atoms with Gasteiger partial charge in [-0.25, -0.2) is 8.42 Å². The predicted octanol–water partition coefficient (Wildman–Crippen LogP) is 5.15. The van der Waals surface area contributed by atoms with E-state index in [4.69, 9.17) is 4.74 Å². The highest BCUT2D eigenvalue weighted by Crippen LogP contribution is 2.35. The molecule has 1 saturated carbocycles. The molecule has 0 saturated heterocycles. The van der Waals surface area contributed by atoms with Crippen molar-refractivity contribution in [3.05, 3.63) is 81.9 Å². The maximum absolute atomic E-state index is 13.2. The Bertz CT molecular complexity index is 1660. The summed E-state index contributed by atoms with van der Waals surface area (Å²) in [4.78, 5) is 21.3. The molecule has 0 spiro atoms. The molecule has 15 heteroatoms. The number of carbonyl (C=O) groups is 1. The van der Waals surface area contributed by atoms with Gasteiger partial charge < -0.3 is 15.0 Å². The molecule has 3 aromatic rings. The van der Waals surface area contributed by atoms with Crippen LogP contribution in [0.4, 0.5) is 26.3 Å². The number of carbonyl (C=O) groups excluding carboxylic acids is 1. The van der Waals surface area contributed by atoms with E-state index in [-0.39, 0.29) is 29.3 Å². The lowest BCUT2D eigenvalue weighted by molar-refractivity contribution is -0.142. The molecule has 0 atom stereocenters. The molecular formula is C28H26F6N4O4S. The molecule has 1 aliphatic carbocycles. The zero-order valence-electron chi connectivity index (χ0n) is 22.7. The van der Waals surface area contributed by atoms with Gasteiger partial charge in [-0.05, 0) is 71.3 Å². The fourth-order valence-electron chi connectivity index (χ4n) is 4.61. The van der Waals surface area contributed by atoms with Crippen molar-refractivity contribution in [1.29, 1.82) is 0 Å². The second-order valence-electron chi connectivity index (χ2n) is 10.6. The molecule has 2 aromatic heterocycles. The van der Waals surface area contributed by atoms with Gasteiger partial charge in [-0.1, -0.05) is 0 Å². The van der Waals surface area contributed by atoms with Crippen LogP contribution in [0.5, 0.6) is 5.75 Å². The molecule has 3 aliphatic rings. The van der Waals surface area contributed by atoms with Crippen molar-refractivity contribution in [2.45, 2.75) is 56.3 Å². The molecule has 1 N–H and O–H groups in total. The average Bonchev–Trinajstić information content (AvgIpc) is 3.46. The van der Waals surface area contributed by atoms with E-state index in [0.717, 1.165) is 43.0 Å². The van der Waals surface area contributed by atoms with E-state index in [1.165, 1.54) is 29.3 Å². The van der Waals surface area contributed by atoms with Crippen LogP contribution in [0.3, 0.4) is 0 Å². The van der Waals surface area contributed by atoms with Crippen molar-refractivity contribution in [3.63, 3.8) is 0 Å². The Balaban J connectivity index is 0.000000235. The van der Waals surface area contributed by atoms with Crippen molar-refractivity contribution < 1.29 is 44.3 Å². The van der Waals surface area contributed by atoms with E-state index in [2.05, 4.69) is 15.3 Å². The summed E-state index contributed by atoms with van der Waals surface area (Å²) < 4.78 is 105. The highest BCUT2D eigenvalue weighted by atomic mass is 32.2. The van der Waals surface area contributed by atoms with Crippen molar-refractivity contribution in [3.8, 4) is 5.75 Å². The van der Waals surface area contributed by atoms with Crippen LogP contribution < -0.4 is 10.1 Å². The quantitative estimate of drug-likeness (QED) is 0.390. The molecule has 1 amide bonds. The van der Waals surface area contributed by atoms with Gasteiger partial charge in [-0.3, -0.25) is 14.8 Å². The van der Waals surface area contributed by atoms with E-state index in [1.807, 2.05) is 0 Å². The van der Waals surface area contributed by atoms with Crippen molar-refractivity contribution in [1.82, 2.24) is 20.2 Å². The maximum atomic E-state index is 13.2. The summed E-state index contributed by atoms with van der Waals surface area (Å²) in [7, 11) is -3.55. The highest BCUT2D eigenvalue weighted by molar-refractivity contribution is 7.90. The minimum absolute atomic E-state index is 0.0229. The van der Waals surface area contributed by atoms with Crippen LogP contribution in [0.25, 0.3) is 0 Å². The molecule has 0 radical (unpaired) electrons. The normalized spacial score (nSPS) is 16.3. The number of amides is 1. The third-order valence-corrected chi connectivity index (χ3v) is 8.28. The van der Waals surface area contributed by atoms with E-state index in [1.54, 1.807) is 0 Å². The Morgan fingerprint density at radius 3 is 2.09 bits per heavy atom. The fraction of sp³-hybridized carbons (Fsp3) is 0.393. The summed E-state index contributed by atoms with van der Waals surface area (Å²) >= 11 is 0. The van der Waals surface area contributed by atoms with Crippen LogP contribution in [-0.4, -0.2) is 42.1 Å². The number of nitrogens with one attached hydrogen (secondary N) is 1. The molecule has 230 valence electrons. The molecule has 8 nitrogen and oxygen atoms in total. The number of ether oxygens (including phenoxy) is 1. The Kier molecular flexibility index (Phi) is 8.15. The lowest BCUT2D eigenvalue weighted by Gasteiger charge is -2.19. The van der Waals surface area contributed by atoms with E-state index < -0.39 is 39.5 Å². The fourth-order valence-corrected chi connectivity index (χ4v) is 5.26. The number of hydrogen-bond acceptors (Lipinski definition) is 7. The molecule has 43 heavy (non-hydrogen) atoms. The Morgan fingerprint density at radius 1 is 0.907 bits per heavy atom. The van der Waals surface area contributed by atoms with Gasteiger partial charge in [0.1, 0.15) is 17.1 Å². The second-order valence-corrected chi connectivity index (χ2v) is 12.6. The first kappa shape index (κ1) is 30.7. The summed E-state index contributed by atoms with van der Waals surface area (Å²) in [6.45, 7) is 1.61. The number of nitrogens with zero attached hydrogens (tertiary/aromatic N) is 3. The summed E-state index contributed by atoms with van der Waals surface area (Å²) in [5, 5.41) is 2.96. The predicted molar refractivity (Wildman–Crippen MR) is 140 cm³/mol. The lowest BCUT2D eigenvalue weighted by atomic mass is 10.1. The van der Waals surface area contributed by atoms with Crippen molar-refractivity contribution >= 4 is 15.7 Å². The highest BCUT2D eigenvalue weighted by Gasteiger charge is 2.36. The topological polar surface area (TPSA) is 101 Å². The summed E-state index contributed by atoms with van der Waals surface area (Å²) in [6.07, 6.45) is -3.36. The van der Waals surface area contributed by atoms with E-state index in [0.29, 0.717) is 42.3 Å². The molecule has 1 aromatic carbocycles. The van der Waals surface area contributed by atoms with Crippen molar-refractivity contribution in [2.75, 3.05) is 12.9 Å². The smallest absolute Gasteiger partial charge is 0.433 e. The Labute approximate surface area is 243 Å². The number of sulfone groups is 1.